The van der Waals surface area contributed by atoms with Gasteiger partial charge in [-0.2, -0.15) is 10.4 Å². The Kier molecular flexibility index (Phi) is 3.18. The van der Waals surface area contributed by atoms with E-state index in [0.717, 1.165) is 12.8 Å². The van der Waals surface area contributed by atoms with E-state index in [1.807, 2.05) is 13.0 Å². The van der Waals surface area contributed by atoms with Crippen molar-refractivity contribution < 1.29 is 8.78 Å². The van der Waals surface area contributed by atoms with Crippen molar-refractivity contribution in [3.05, 3.63) is 40.3 Å². The molecule has 0 aromatic carbocycles. The van der Waals surface area contributed by atoms with Gasteiger partial charge in [0.2, 0.25) is 0 Å². The second-order valence-corrected chi connectivity index (χ2v) is 5.76. The van der Waals surface area contributed by atoms with Crippen molar-refractivity contribution in [2.45, 2.75) is 31.6 Å². The average molecular weight is 309 g/mol. The highest BCUT2D eigenvalue weighted by atomic mass is 35.5. The predicted molar refractivity (Wildman–Crippen MR) is 72.6 cm³/mol. The van der Waals surface area contributed by atoms with Gasteiger partial charge in [0.25, 0.3) is 6.43 Å². The number of alkyl halides is 2. The Morgan fingerprint density at radius 3 is 2.67 bits per heavy atom. The standard InChI is InChI=1S/C14H11ClF2N4/c1-14(2-3-14)10-6-9(13(16)17)20-21(10)12-5-8(7-18)4-11(15)19-12/h4-6,13H,2-3H2,1H3. The van der Waals surface area contributed by atoms with Crippen molar-refractivity contribution in [1.29, 1.82) is 5.26 Å². The van der Waals surface area contributed by atoms with E-state index in [-0.39, 0.29) is 22.1 Å². The molecule has 0 N–H and O–H groups in total. The fourth-order valence-electron chi connectivity index (χ4n) is 2.21. The molecule has 0 aliphatic heterocycles. The first-order chi connectivity index (χ1) is 9.93. The quantitative estimate of drug-likeness (QED) is 0.811. The molecule has 0 spiro atoms. The number of rotatable bonds is 3. The van der Waals surface area contributed by atoms with Crippen molar-refractivity contribution in [2.75, 3.05) is 0 Å². The van der Waals surface area contributed by atoms with Crippen LogP contribution in [0.15, 0.2) is 18.2 Å². The van der Waals surface area contributed by atoms with Crippen LogP contribution in [0.3, 0.4) is 0 Å². The van der Waals surface area contributed by atoms with Crippen LogP contribution in [0.5, 0.6) is 0 Å². The SMILES string of the molecule is CC1(c2cc(C(F)F)nn2-c2cc(C#N)cc(Cl)n2)CC1. The van der Waals surface area contributed by atoms with Gasteiger partial charge in [0.1, 0.15) is 10.8 Å². The lowest BCUT2D eigenvalue weighted by molar-refractivity contribution is 0.145. The van der Waals surface area contributed by atoms with E-state index >= 15 is 0 Å². The molecule has 21 heavy (non-hydrogen) atoms. The molecule has 0 bridgehead atoms. The average Bonchev–Trinajstić information content (AvgIpc) is 3.03. The lowest BCUT2D eigenvalue weighted by atomic mass is 10.1. The molecule has 2 heterocycles. The third-order valence-electron chi connectivity index (χ3n) is 3.70. The van der Waals surface area contributed by atoms with Gasteiger partial charge in [0.05, 0.1) is 17.3 Å². The van der Waals surface area contributed by atoms with E-state index < -0.39 is 6.43 Å². The van der Waals surface area contributed by atoms with Crippen LogP contribution < -0.4 is 0 Å². The number of hydrogen-bond donors (Lipinski definition) is 0. The molecule has 2 aromatic heterocycles. The highest BCUT2D eigenvalue weighted by molar-refractivity contribution is 6.29. The van der Waals surface area contributed by atoms with Gasteiger partial charge >= 0.3 is 0 Å². The van der Waals surface area contributed by atoms with Crippen molar-refractivity contribution in [3.8, 4) is 11.9 Å². The minimum Gasteiger partial charge on any atom is -0.218 e. The van der Waals surface area contributed by atoms with Crippen molar-refractivity contribution >= 4 is 11.6 Å². The summed E-state index contributed by atoms with van der Waals surface area (Å²) < 4.78 is 27.2. The summed E-state index contributed by atoms with van der Waals surface area (Å²) in [5.41, 5.74) is 0.526. The summed E-state index contributed by atoms with van der Waals surface area (Å²) in [4.78, 5) is 4.10. The van der Waals surface area contributed by atoms with E-state index in [1.54, 1.807) is 0 Å². The summed E-state index contributed by atoms with van der Waals surface area (Å²) in [5.74, 6) is 0.286. The van der Waals surface area contributed by atoms with E-state index in [1.165, 1.54) is 22.9 Å². The molecule has 0 amide bonds. The van der Waals surface area contributed by atoms with Gasteiger partial charge in [-0.25, -0.2) is 18.4 Å². The van der Waals surface area contributed by atoms with Crippen LogP contribution in [0, 0.1) is 11.3 Å². The monoisotopic (exact) mass is 308 g/mol. The second-order valence-electron chi connectivity index (χ2n) is 5.38. The van der Waals surface area contributed by atoms with E-state index in [0.29, 0.717) is 11.3 Å². The van der Waals surface area contributed by atoms with Gasteiger partial charge in [-0.05, 0) is 25.0 Å². The zero-order valence-corrected chi connectivity index (χ0v) is 11.9. The smallest absolute Gasteiger partial charge is 0.218 e. The maximum atomic E-state index is 12.9. The Morgan fingerprint density at radius 1 is 1.38 bits per heavy atom. The van der Waals surface area contributed by atoms with Crippen LogP contribution in [0.25, 0.3) is 5.82 Å². The zero-order chi connectivity index (χ0) is 15.2. The summed E-state index contributed by atoms with van der Waals surface area (Å²) in [6.07, 6.45) is -0.831. The summed E-state index contributed by atoms with van der Waals surface area (Å²) >= 11 is 5.88. The van der Waals surface area contributed by atoms with Gasteiger partial charge in [-0.3, -0.25) is 0 Å². The van der Waals surface area contributed by atoms with Gasteiger partial charge in [-0.15, -0.1) is 0 Å². The first-order valence-electron chi connectivity index (χ1n) is 6.39. The Bertz CT molecular complexity index is 744. The maximum absolute atomic E-state index is 12.9. The molecule has 4 nitrogen and oxygen atoms in total. The number of halogens is 3. The molecule has 1 fully saturated rings. The van der Waals surface area contributed by atoms with Crippen LogP contribution in [-0.4, -0.2) is 14.8 Å². The van der Waals surface area contributed by atoms with Crippen molar-refractivity contribution in [3.63, 3.8) is 0 Å². The second kappa shape index (κ2) is 4.78. The van der Waals surface area contributed by atoms with Crippen molar-refractivity contribution in [1.82, 2.24) is 14.8 Å². The van der Waals surface area contributed by atoms with Gasteiger partial charge < -0.3 is 0 Å². The van der Waals surface area contributed by atoms with Crippen LogP contribution in [0.4, 0.5) is 8.78 Å². The normalized spacial score (nSPS) is 16.0. The molecule has 7 heteroatoms. The Morgan fingerprint density at radius 2 is 2.10 bits per heavy atom. The number of nitriles is 1. The molecule has 1 aliphatic carbocycles. The molecule has 0 saturated heterocycles. The molecule has 2 aromatic rings. The molecule has 0 unspecified atom stereocenters. The highest BCUT2D eigenvalue weighted by Crippen LogP contribution is 2.48. The fourth-order valence-corrected chi connectivity index (χ4v) is 2.41. The summed E-state index contributed by atoms with van der Waals surface area (Å²) in [7, 11) is 0. The van der Waals surface area contributed by atoms with E-state index in [4.69, 9.17) is 16.9 Å². The van der Waals surface area contributed by atoms with E-state index in [2.05, 4.69) is 10.1 Å². The molecule has 1 aliphatic rings. The van der Waals surface area contributed by atoms with Crippen LogP contribution >= 0.6 is 11.6 Å². The molecule has 1 saturated carbocycles. The molecular weight excluding hydrogens is 298 g/mol. The lowest BCUT2D eigenvalue weighted by Gasteiger charge is -2.11. The molecular formula is C14H11ClF2N4. The summed E-state index contributed by atoms with van der Waals surface area (Å²) in [5, 5.41) is 13.1. The minimum atomic E-state index is -2.65. The summed E-state index contributed by atoms with van der Waals surface area (Å²) in [6.45, 7) is 1.99. The maximum Gasteiger partial charge on any atom is 0.282 e. The van der Waals surface area contributed by atoms with Gasteiger partial charge in [0, 0.05) is 11.5 Å². The predicted octanol–water partition coefficient (Wildman–Crippen LogP) is 3.78. The summed E-state index contributed by atoms with van der Waals surface area (Å²) in [6, 6.07) is 6.28. The number of aromatic nitrogens is 3. The number of hydrogen-bond acceptors (Lipinski definition) is 3. The third-order valence-corrected chi connectivity index (χ3v) is 3.89. The fraction of sp³-hybridized carbons (Fsp3) is 0.357. The Balaban J connectivity index is 2.18. The number of nitrogens with zero attached hydrogens (tertiary/aromatic N) is 4. The Hall–Kier alpha value is -2.00. The third kappa shape index (κ3) is 2.49. The highest BCUT2D eigenvalue weighted by Gasteiger charge is 2.43. The van der Waals surface area contributed by atoms with E-state index in [9.17, 15) is 8.78 Å². The van der Waals surface area contributed by atoms with Crippen LogP contribution in [0.2, 0.25) is 5.15 Å². The number of pyridine rings is 1. The van der Waals surface area contributed by atoms with Crippen LogP contribution in [0.1, 0.15) is 43.1 Å². The molecule has 3 rings (SSSR count). The molecule has 108 valence electrons. The minimum absolute atomic E-state index is 0.130. The first kappa shape index (κ1) is 14.0. The topological polar surface area (TPSA) is 54.5 Å². The largest absolute Gasteiger partial charge is 0.282 e. The lowest BCUT2D eigenvalue weighted by Crippen LogP contribution is -2.11. The van der Waals surface area contributed by atoms with Gasteiger partial charge in [0.15, 0.2) is 5.82 Å². The molecule has 0 atom stereocenters. The van der Waals surface area contributed by atoms with Crippen molar-refractivity contribution in [2.24, 2.45) is 0 Å². The Labute approximate surface area is 125 Å². The van der Waals surface area contributed by atoms with Crippen LogP contribution in [-0.2, 0) is 5.41 Å². The van der Waals surface area contributed by atoms with Gasteiger partial charge in [-0.1, -0.05) is 18.5 Å². The molecule has 0 radical (unpaired) electrons. The first-order valence-corrected chi connectivity index (χ1v) is 6.77. The zero-order valence-electron chi connectivity index (χ0n) is 11.1.